The predicted molar refractivity (Wildman–Crippen MR) is 67.0 cm³/mol. The Hall–Kier alpha value is -1.47. The minimum atomic E-state index is 0.00802. The van der Waals surface area contributed by atoms with Crippen molar-refractivity contribution in [3.8, 4) is 5.88 Å². The number of nitrogens with zero attached hydrogens (tertiary/aromatic N) is 3. The number of aromatic nitrogens is 1. The van der Waals surface area contributed by atoms with Gasteiger partial charge in [0.2, 0.25) is 11.6 Å². The van der Waals surface area contributed by atoms with Gasteiger partial charge in [-0.15, -0.1) is 21.8 Å². The molecule has 1 aliphatic rings. The van der Waals surface area contributed by atoms with Crippen molar-refractivity contribution >= 4 is 17.4 Å². The fourth-order valence-corrected chi connectivity index (χ4v) is 1.69. The Morgan fingerprint density at radius 2 is 2.28 bits per heavy atom. The van der Waals surface area contributed by atoms with Crippen molar-refractivity contribution in [3.05, 3.63) is 11.3 Å². The Morgan fingerprint density at radius 1 is 1.50 bits per heavy atom. The Bertz CT molecular complexity index is 445. The van der Waals surface area contributed by atoms with E-state index < -0.39 is 0 Å². The number of hydrazine groups is 2. The van der Waals surface area contributed by atoms with Crippen molar-refractivity contribution in [3.63, 3.8) is 0 Å². The number of ether oxygens (including phenoxy) is 1. The zero-order valence-corrected chi connectivity index (χ0v) is 11.3. The van der Waals surface area contributed by atoms with Crippen LogP contribution in [0.5, 0.6) is 5.88 Å². The molecule has 0 fully saturated rings. The average Bonchev–Trinajstić information content (AvgIpc) is 2.93. The quantitative estimate of drug-likeness (QED) is 0.786. The smallest absolute Gasteiger partial charge is 0.259 e. The lowest BCUT2D eigenvalue weighted by Gasteiger charge is -2.11. The van der Waals surface area contributed by atoms with Gasteiger partial charge in [-0.3, -0.25) is 5.43 Å². The zero-order valence-electron chi connectivity index (χ0n) is 10.5. The summed E-state index contributed by atoms with van der Waals surface area (Å²) in [7, 11) is 0. The summed E-state index contributed by atoms with van der Waals surface area (Å²) in [4.78, 5) is 0. The molecular weight excluding hydrogens is 258 g/mol. The van der Waals surface area contributed by atoms with Gasteiger partial charge in [0.15, 0.2) is 0 Å². The van der Waals surface area contributed by atoms with Gasteiger partial charge < -0.3 is 9.26 Å². The summed E-state index contributed by atoms with van der Waals surface area (Å²) in [5.41, 5.74) is 6.51. The van der Waals surface area contributed by atoms with Crippen molar-refractivity contribution in [2.45, 2.75) is 32.8 Å². The molecule has 2 heterocycles. The number of rotatable bonds is 5. The van der Waals surface area contributed by atoms with E-state index in [2.05, 4.69) is 21.2 Å². The molecule has 7 nitrogen and oxygen atoms in total. The highest BCUT2D eigenvalue weighted by Crippen LogP contribution is 2.25. The molecule has 2 N–H and O–H groups in total. The van der Waals surface area contributed by atoms with Crippen LogP contribution in [0.2, 0.25) is 0 Å². The van der Waals surface area contributed by atoms with E-state index in [1.807, 2.05) is 20.8 Å². The predicted octanol–water partition coefficient (Wildman–Crippen LogP) is 1.21. The maximum absolute atomic E-state index is 5.91. The summed E-state index contributed by atoms with van der Waals surface area (Å²) in [5, 5.41) is 9.67. The molecule has 1 aromatic heterocycles. The number of alkyl halides is 1. The van der Waals surface area contributed by atoms with Crippen LogP contribution < -0.4 is 15.7 Å². The van der Waals surface area contributed by atoms with Crippen LogP contribution in [0.1, 0.15) is 32.1 Å². The highest BCUT2D eigenvalue weighted by Gasteiger charge is 2.25. The first-order chi connectivity index (χ1) is 8.65. The van der Waals surface area contributed by atoms with Gasteiger partial charge >= 0.3 is 0 Å². The van der Waals surface area contributed by atoms with Gasteiger partial charge in [-0.2, -0.15) is 0 Å². The number of hydrogen-bond donors (Lipinski definition) is 2. The van der Waals surface area contributed by atoms with Crippen LogP contribution in [0.15, 0.2) is 9.62 Å². The second-order valence-electron chi connectivity index (χ2n) is 4.01. The molecule has 1 aromatic rings. The lowest BCUT2D eigenvalue weighted by atomic mass is 10.2. The monoisotopic (exact) mass is 273 g/mol. The van der Waals surface area contributed by atoms with Crippen LogP contribution in [0.4, 0.5) is 0 Å². The molecule has 100 valence electrons. The second-order valence-corrected chi connectivity index (χ2v) is 4.28. The van der Waals surface area contributed by atoms with E-state index in [9.17, 15) is 0 Å². The normalized spacial score (nSPS) is 15.5. The van der Waals surface area contributed by atoms with Crippen LogP contribution in [-0.2, 0) is 5.88 Å². The largest absolute Gasteiger partial charge is 0.473 e. The fourth-order valence-electron chi connectivity index (χ4n) is 1.45. The number of amidine groups is 1. The van der Waals surface area contributed by atoms with Gasteiger partial charge in [0.25, 0.3) is 5.88 Å². The van der Waals surface area contributed by atoms with Gasteiger partial charge in [-0.05, 0) is 25.9 Å². The van der Waals surface area contributed by atoms with Crippen LogP contribution >= 0.6 is 11.6 Å². The van der Waals surface area contributed by atoms with E-state index >= 15 is 0 Å². The Balaban J connectivity index is 2.21. The van der Waals surface area contributed by atoms with E-state index in [1.54, 1.807) is 5.12 Å². The summed E-state index contributed by atoms with van der Waals surface area (Å²) in [6, 6.07) is 0. The number of halogens is 1. The van der Waals surface area contributed by atoms with Gasteiger partial charge in [0.05, 0.1) is 17.5 Å². The van der Waals surface area contributed by atoms with E-state index in [-0.39, 0.29) is 12.0 Å². The highest BCUT2D eigenvalue weighted by atomic mass is 35.5. The molecule has 0 saturated heterocycles. The Morgan fingerprint density at radius 3 is 2.83 bits per heavy atom. The number of hydrogen-bond acceptors (Lipinski definition) is 7. The van der Waals surface area contributed by atoms with Gasteiger partial charge in [0, 0.05) is 6.54 Å². The van der Waals surface area contributed by atoms with Crippen LogP contribution in [0, 0.1) is 0 Å². The number of hydrazone groups is 1. The van der Waals surface area contributed by atoms with Crippen molar-refractivity contribution in [1.29, 1.82) is 0 Å². The molecule has 0 unspecified atom stereocenters. The van der Waals surface area contributed by atoms with Gasteiger partial charge in [0.1, 0.15) is 0 Å². The van der Waals surface area contributed by atoms with Crippen molar-refractivity contribution in [2.24, 2.45) is 5.10 Å². The van der Waals surface area contributed by atoms with E-state index in [0.29, 0.717) is 23.0 Å². The maximum atomic E-state index is 5.91. The maximum Gasteiger partial charge on any atom is 0.259 e. The van der Waals surface area contributed by atoms with Gasteiger partial charge in [-0.25, -0.2) is 5.53 Å². The third-order valence-electron chi connectivity index (χ3n) is 2.29. The molecule has 18 heavy (non-hydrogen) atoms. The summed E-state index contributed by atoms with van der Waals surface area (Å²) in [6.07, 6.45) is 0.00802. The molecule has 2 rings (SSSR count). The summed E-state index contributed by atoms with van der Waals surface area (Å²) < 4.78 is 10.8. The van der Waals surface area contributed by atoms with Crippen LogP contribution in [0.3, 0.4) is 0 Å². The molecule has 8 heteroatoms. The molecule has 0 spiro atoms. The lowest BCUT2D eigenvalue weighted by Crippen LogP contribution is -2.41. The first kappa shape index (κ1) is 13.0. The Kier molecular flexibility index (Phi) is 3.93. The zero-order chi connectivity index (χ0) is 13.1. The van der Waals surface area contributed by atoms with E-state index in [1.165, 1.54) is 0 Å². The molecule has 1 aliphatic heterocycles. The summed E-state index contributed by atoms with van der Waals surface area (Å²) in [5.74, 6) is 1.69. The van der Waals surface area contributed by atoms with E-state index in [0.717, 1.165) is 6.54 Å². The van der Waals surface area contributed by atoms with E-state index in [4.69, 9.17) is 20.9 Å². The van der Waals surface area contributed by atoms with Crippen LogP contribution in [-0.4, -0.2) is 28.8 Å². The average molecular weight is 274 g/mol. The molecule has 0 atom stereocenters. The highest BCUT2D eigenvalue weighted by molar-refractivity contribution is 6.18. The summed E-state index contributed by atoms with van der Waals surface area (Å²) in [6.45, 7) is 6.55. The molecular formula is C10H16ClN5O2. The minimum absolute atomic E-state index is 0.00802. The molecule has 0 amide bonds. The molecule has 0 radical (unpaired) electrons. The standard InChI is InChI=1S/C10H16ClN5O2/c1-4-16-13-9(12-15-16)8-7(5-11)10(14-18-8)17-6(2)3/h6,15H,4-5H2,1-3H3,(H,12,13). The molecule has 0 saturated carbocycles. The molecule has 0 aliphatic carbocycles. The summed E-state index contributed by atoms with van der Waals surface area (Å²) >= 11 is 5.91. The second kappa shape index (κ2) is 5.45. The molecule has 0 aromatic carbocycles. The third kappa shape index (κ3) is 2.51. The first-order valence-electron chi connectivity index (χ1n) is 5.74. The molecule has 0 bridgehead atoms. The number of nitrogens with one attached hydrogen (secondary N) is 2. The topological polar surface area (TPSA) is 74.9 Å². The van der Waals surface area contributed by atoms with Crippen molar-refractivity contribution in [2.75, 3.05) is 6.54 Å². The third-order valence-corrected chi connectivity index (χ3v) is 2.55. The first-order valence-corrected chi connectivity index (χ1v) is 6.28. The lowest BCUT2D eigenvalue weighted by molar-refractivity contribution is 0.190. The van der Waals surface area contributed by atoms with Crippen molar-refractivity contribution in [1.82, 2.24) is 21.2 Å². The van der Waals surface area contributed by atoms with Gasteiger partial charge in [-0.1, -0.05) is 0 Å². The van der Waals surface area contributed by atoms with Crippen molar-refractivity contribution < 1.29 is 9.26 Å². The van der Waals surface area contributed by atoms with Crippen LogP contribution in [0.25, 0.3) is 0 Å². The Labute approximate surface area is 110 Å². The minimum Gasteiger partial charge on any atom is -0.473 e. The fraction of sp³-hybridized carbons (Fsp3) is 0.600. The SMILES string of the molecule is CCN1NN=C(c2onc(OC(C)C)c2CCl)N1.